The van der Waals surface area contributed by atoms with Gasteiger partial charge in [0.25, 0.3) is 0 Å². The van der Waals surface area contributed by atoms with E-state index in [0.717, 1.165) is 18.8 Å². The van der Waals surface area contributed by atoms with Crippen molar-refractivity contribution in [3.8, 4) is 5.75 Å². The molecule has 1 saturated carbocycles. The largest absolute Gasteiger partial charge is 0.490 e. The van der Waals surface area contributed by atoms with Crippen molar-refractivity contribution in [2.45, 2.75) is 59.1 Å². The first-order chi connectivity index (χ1) is 9.16. The van der Waals surface area contributed by atoms with Crippen molar-refractivity contribution in [3.05, 3.63) is 29.3 Å². The molecule has 19 heavy (non-hydrogen) atoms. The molecular weight excluding hydrogens is 234 g/mol. The lowest BCUT2D eigenvalue weighted by molar-refractivity contribution is 0.206. The average molecular weight is 261 g/mol. The number of aryl methyl sites for hydroxylation is 1. The molecular formula is C17H27NO. The SMILES string of the molecule is Cc1cccc(CNCC(C)C)c1OC1CCCC1. The van der Waals surface area contributed by atoms with Crippen LogP contribution in [0.5, 0.6) is 5.75 Å². The highest BCUT2D eigenvalue weighted by Gasteiger charge is 2.18. The van der Waals surface area contributed by atoms with Crippen molar-refractivity contribution in [1.29, 1.82) is 0 Å². The number of benzene rings is 1. The van der Waals surface area contributed by atoms with Crippen molar-refractivity contribution in [3.63, 3.8) is 0 Å². The highest BCUT2D eigenvalue weighted by Crippen LogP contribution is 2.29. The molecule has 0 aliphatic heterocycles. The summed E-state index contributed by atoms with van der Waals surface area (Å²) in [6, 6.07) is 6.46. The lowest BCUT2D eigenvalue weighted by atomic mass is 10.1. The van der Waals surface area contributed by atoms with Gasteiger partial charge in [-0.3, -0.25) is 0 Å². The van der Waals surface area contributed by atoms with E-state index in [9.17, 15) is 0 Å². The first kappa shape index (κ1) is 14.4. The third-order valence-corrected chi connectivity index (χ3v) is 3.75. The molecule has 1 N–H and O–H groups in total. The molecule has 0 unspecified atom stereocenters. The van der Waals surface area contributed by atoms with Crippen LogP contribution in [0.25, 0.3) is 0 Å². The lowest BCUT2D eigenvalue weighted by Gasteiger charge is -2.19. The Hall–Kier alpha value is -1.02. The smallest absolute Gasteiger partial charge is 0.127 e. The molecule has 1 aliphatic rings. The minimum Gasteiger partial charge on any atom is -0.490 e. The van der Waals surface area contributed by atoms with Crippen LogP contribution in [0.3, 0.4) is 0 Å². The maximum atomic E-state index is 6.25. The molecule has 1 fully saturated rings. The molecule has 0 amide bonds. The molecule has 0 radical (unpaired) electrons. The molecule has 2 heteroatoms. The van der Waals surface area contributed by atoms with Gasteiger partial charge in [0.05, 0.1) is 6.10 Å². The van der Waals surface area contributed by atoms with Gasteiger partial charge >= 0.3 is 0 Å². The Morgan fingerprint density at radius 1 is 1.26 bits per heavy atom. The number of para-hydroxylation sites is 1. The topological polar surface area (TPSA) is 21.3 Å². The summed E-state index contributed by atoms with van der Waals surface area (Å²) in [5.74, 6) is 1.80. The van der Waals surface area contributed by atoms with E-state index in [-0.39, 0.29) is 0 Å². The van der Waals surface area contributed by atoms with E-state index >= 15 is 0 Å². The van der Waals surface area contributed by atoms with E-state index in [1.54, 1.807) is 0 Å². The van der Waals surface area contributed by atoms with Crippen LogP contribution in [0.1, 0.15) is 50.7 Å². The zero-order chi connectivity index (χ0) is 13.7. The summed E-state index contributed by atoms with van der Waals surface area (Å²) in [7, 11) is 0. The Labute approximate surface area is 117 Å². The summed E-state index contributed by atoms with van der Waals surface area (Å²) < 4.78 is 6.25. The maximum absolute atomic E-state index is 6.25. The molecule has 2 nitrogen and oxygen atoms in total. The quantitative estimate of drug-likeness (QED) is 0.833. The number of ether oxygens (including phenoxy) is 1. The second-order valence-corrected chi connectivity index (χ2v) is 6.11. The molecule has 1 aromatic rings. The Bertz CT molecular complexity index is 394. The van der Waals surface area contributed by atoms with Crippen LogP contribution in [-0.4, -0.2) is 12.6 Å². The zero-order valence-corrected chi connectivity index (χ0v) is 12.5. The second-order valence-electron chi connectivity index (χ2n) is 6.11. The van der Waals surface area contributed by atoms with Gasteiger partial charge in [-0.2, -0.15) is 0 Å². The monoisotopic (exact) mass is 261 g/mol. The summed E-state index contributed by atoms with van der Waals surface area (Å²) in [5, 5.41) is 3.51. The number of nitrogens with one attached hydrogen (secondary N) is 1. The maximum Gasteiger partial charge on any atom is 0.127 e. The highest BCUT2D eigenvalue weighted by atomic mass is 16.5. The predicted molar refractivity (Wildman–Crippen MR) is 80.6 cm³/mol. The van der Waals surface area contributed by atoms with Crippen molar-refractivity contribution < 1.29 is 4.74 Å². The minimum absolute atomic E-state index is 0.435. The molecule has 0 heterocycles. The molecule has 0 bridgehead atoms. The van der Waals surface area contributed by atoms with Crippen LogP contribution in [0, 0.1) is 12.8 Å². The van der Waals surface area contributed by atoms with E-state index in [0.29, 0.717) is 12.0 Å². The van der Waals surface area contributed by atoms with Crippen LogP contribution in [0.15, 0.2) is 18.2 Å². The van der Waals surface area contributed by atoms with E-state index in [2.05, 4.69) is 44.3 Å². The summed E-state index contributed by atoms with van der Waals surface area (Å²) in [6.07, 6.45) is 5.50. The summed E-state index contributed by atoms with van der Waals surface area (Å²) in [4.78, 5) is 0. The van der Waals surface area contributed by atoms with Crippen molar-refractivity contribution >= 4 is 0 Å². The first-order valence-corrected chi connectivity index (χ1v) is 7.62. The first-order valence-electron chi connectivity index (χ1n) is 7.62. The molecule has 0 spiro atoms. The Kier molecular flexibility index (Phi) is 5.26. The fourth-order valence-corrected chi connectivity index (χ4v) is 2.69. The summed E-state index contributed by atoms with van der Waals surface area (Å²) >= 11 is 0. The second kappa shape index (κ2) is 6.95. The van der Waals surface area contributed by atoms with Crippen molar-refractivity contribution in [2.75, 3.05) is 6.54 Å². The highest BCUT2D eigenvalue weighted by molar-refractivity contribution is 5.41. The third kappa shape index (κ3) is 4.24. The normalized spacial score (nSPS) is 16.2. The van der Waals surface area contributed by atoms with Crippen LogP contribution in [0.4, 0.5) is 0 Å². The molecule has 0 aromatic heterocycles. The van der Waals surface area contributed by atoms with Gasteiger partial charge in [0.1, 0.15) is 5.75 Å². The standard InChI is InChI=1S/C17H27NO/c1-13(2)11-18-12-15-8-6-7-14(3)17(15)19-16-9-4-5-10-16/h6-8,13,16,18H,4-5,9-12H2,1-3H3. The lowest BCUT2D eigenvalue weighted by Crippen LogP contribution is -2.20. The molecule has 2 rings (SSSR count). The van der Waals surface area contributed by atoms with Crippen LogP contribution >= 0.6 is 0 Å². The van der Waals surface area contributed by atoms with Gasteiger partial charge in [0.2, 0.25) is 0 Å². The van der Waals surface area contributed by atoms with Gasteiger partial charge in [0, 0.05) is 12.1 Å². The van der Waals surface area contributed by atoms with Crippen LogP contribution < -0.4 is 10.1 Å². The Morgan fingerprint density at radius 3 is 2.68 bits per heavy atom. The zero-order valence-electron chi connectivity index (χ0n) is 12.5. The fourth-order valence-electron chi connectivity index (χ4n) is 2.69. The molecule has 0 atom stereocenters. The molecule has 1 aliphatic carbocycles. The van der Waals surface area contributed by atoms with Gasteiger partial charge < -0.3 is 10.1 Å². The van der Waals surface area contributed by atoms with Gasteiger partial charge in [0.15, 0.2) is 0 Å². The fraction of sp³-hybridized carbons (Fsp3) is 0.647. The number of rotatable bonds is 6. The number of hydrogen-bond donors (Lipinski definition) is 1. The van der Waals surface area contributed by atoms with E-state index in [4.69, 9.17) is 4.74 Å². The molecule has 106 valence electrons. The third-order valence-electron chi connectivity index (χ3n) is 3.75. The Morgan fingerprint density at radius 2 is 2.00 bits per heavy atom. The average Bonchev–Trinajstić information content (AvgIpc) is 2.85. The van der Waals surface area contributed by atoms with Crippen LogP contribution in [0.2, 0.25) is 0 Å². The number of hydrogen-bond acceptors (Lipinski definition) is 2. The molecule has 1 aromatic carbocycles. The van der Waals surface area contributed by atoms with Gasteiger partial charge in [-0.1, -0.05) is 32.0 Å². The van der Waals surface area contributed by atoms with Crippen molar-refractivity contribution in [1.82, 2.24) is 5.32 Å². The van der Waals surface area contributed by atoms with E-state index in [1.807, 2.05) is 0 Å². The summed E-state index contributed by atoms with van der Waals surface area (Å²) in [6.45, 7) is 8.58. The van der Waals surface area contributed by atoms with Gasteiger partial charge in [-0.15, -0.1) is 0 Å². The summed E-state index contributed by atoms with van der Waals surface area (Å²) in [5.41, 5.74) is 2.56. The van der Waals surface area contributed by atoms with Crippen molar-refractivity contribution in [2.24, 2.45) is 5.92 Å². The van der Waals surface area contributed by atoms with Crippen LogP contribution in [-0.2, 0) is 6.54 Å². The predicted octanol–water partition coefficient (Wildman–Crippen LogP) is 4.06. The van der Waals surface area contributed by atoms with Gasteiger partial charge in [-0.25, -0.2) is 0 Å². The Balaban J connectivity index is 2.02. The van der Waals surface area contributed by atoms with E-state index in [1.165, 1.54) is 36.8 Å². The van der Waals surface area contributed by atoms with Gasteiger partial charge in [-0.05, 0) is 50.6 Å². The molecule has 0 saturated heterocycles. The minimum atomic E-state index is 0.435. The van der Waals surface area contributed by atoms with E-state index < -0.39 is 0 Å².